The minimum absolute atomic E-state index is 0.0410. The third-order valence-corrected chi connectivity index (χ3v) is 3.43. The molecule has 3 N–H and O–H groups in total. The topological polar surface area (TPSA) is 89.2 Å². The lowest BCUT2D eigenvalue weighted by Crippen LogP contribution is -2.25. The second-order valence-corrected chi connectivity index (χ2v) is 5.19. The van der Waals surface area contributed by atoms with E-state index in [-0.39, 0.29) is 12.0 Å². The molecule has 0 fully saturated rings. The molecule has 1 heterocycles. The third-order valence-electron chi connectivity index (χ3n) is 3.43. The van der Waals surface area contributed by atoms with E-state index >= 15 is 0 Å². The van der Waals surface area contributed by atoms with E-state index in [9.17, 15) is 0 Å². The minimum atomic E-state index is 0.0410. The van der Waals surface area contributed by atoms with Gasteiger partial charge in [0.2, 0.25) is 11.9 Å². The molecule has 0 radical (unpaired) electrons. The van der Waals surface area contributed by atoms with Crippen molar-refractivity contribution >= 4 is 17.6 Å². The fourth-order valence-corrected chi connectivity index (χ4v) is 2.20. The fraction of sp³-hybridized carbons (Fsp3) is 0.438. The Morgan fingerprint density at radius 1 is 1.17 bits per heavy atom. The number of nitrogen functional groups attached to an aromatic ring is 1. The first-order valence-electron chi connectivity index (χ1n) is 7.81. The number of benzene rings is 1. The summed E-state index contributed by atoms with van der Waals surface area (Å²) in [5.41, 5.74) is 6.73. The Hall–Kier alpha value is -2.57. The van der Waals surface area contributed by atoms with Crippen LogP contribution in [0.1, 0.15) is 20.8 Å². The molecule has 7 heteroatoms. The lowest BCUT2D eigenvalue weighted by atomic mass is 10.2. The fourth-order valence-electron chi connectivity index (χ4n) is 2.20. The van der Waals surface area contributed by atoms with Crippen LogP contribution in [-0.4, -0.2) is 40.7 Å². The second-order valence-electron chi connectivity index (χ2n) is 5.19. The molecule has 124 valence electrons. The summed E-state index contributed by atoms with van der Waals surface area (Å²) < 4.78 is 5.79. The van der Waals surface area contributed by atoms with Gasteiger partial charge in [0.15, 0.2) is 0 Å². The van der Waals surface area contributed by atoms with Gasteiger partial charge in [-0.25, -0.2) is 9.97 Å². The van der Waals surface area contributed by atoms with Crippen molar-refractivity contribution < 1.29 is 4.74 Å². The van der Waals surface area contributed by atoms with Crippen molar-refractivity contribution in [3.63, 3.8) is 0 Å². The number of hydrogen-bond donors (Lipinski definition) is 2. The number of nitrogens with two attached hydrogens (primary N) is 1. The number of anilines is 3. The summed E-state index contributed by atoms with van der Waals surface area (Å²) in [6, 6.07) is 8.17. The zero-order valence-corrected chi connectivity index (χ0v) is 13.9. The van der Waals surface area contributed by atoms with Crippen molar-refractivity contribution in [2.75, 3.05) is 35.6 Å². The molecule has 0 bridgehead atoms. The highest BCUT2D eigenvalue weighted by Gasteiger charge is 2.07. The highest BCUT2D eigenvalue weighted by atomic mass is 16.5. The largest absolute Gasteiger partial charge is 0.491 e. The Morgan fingerprint density at radius 3 is 2.48 bits per heavy atom. The van der Waals surface area contributed by atoms with Gasteiger partial charge in [0.05, 0.1) is 6.04 Å². The van der Waals surface area contributed by atoms with Gasteiger partial charge < -0.3 is 20.7 Å². The molecule has 1 aromatic carbocycles. The van der Waals surface area contributed by atoms with Crippen LogP contribution in [0.25, 0.3) is 0 Å². The van der Waals surface area contributed by atoms with Crippen LogP contribution in [0.4, 0.5) is 17.6 Å². The molecule has 1 aromatic heterocycles. The van der Waals surface area contributed by atoms with Gasteiger partial charge >= 0.3 is 0 Å². The number of nitrogens with zero attached hydrogens (tertiary/aromatic N) is 4. The number of aromatic nitrogens is 3. The molecule has 23 heavy (non-hydrogen) atoms. The molecule has 2 rings (SSSR count). The molecular weight excluding hydrogens is 292 g/mol. The van der Waals surface area contributed by atoms with Crippen molar-refractivity contribution in [3.05, 3.63) is 30.6 Å². The van der Waals surface area contributed by atoms with Crippen LogP contribution in [0.15, 0.2) is 30.6 Å². The second kappa shape index (κ2) is 8.17. The average Bonchev–Trinajstić information content (AvgIpc) is 2.55. The van der Waals surface area contributed by atoms with Crippen molar-refractivity contribution in [3.8, 4) is 5.75 Å². The standard InChI is InChI=1S/C16H24N6O/c1-4-22(5-2)13-6-8-14(9-7-13)23-10-12(3)20-16-19-11-18-15(17)21-16/h6-9,11-12H,4-5,10H2,1-3H3,(H3,17,18,19,20,21). The predicted octanol–water partition coefficient (Wildman–Crippen LogP) is 2.18. The van der Waals surface area contributed by atoms with E-state index in [1.54, 1.807) is 0 Å². The van der Waals surface area contributed by atoms with E-state index in [2.05, 4.69) is 51.1 Å². The predicted molar refractivity (Wildman–Crippen MR) is 92.8 cm³/mol. The molecular formula is C16H24N6O. The van der Waals surface area contributed by atoms with Gasteiger partial charge in [-0.2, -0.15) is 4.98 Å². The monoisotopic (exact) mass is 316 g/mol. The average molecular weight is 316 g/mol. The van der Waals surface area contributed by atoms with Gasteiger partial charge in [0.25, 0.3) is 0 Å². The molecule has 0 spiro atoms. The zero-order chi connectivity index (χ0) is 16.7. The molecule has 0 saturated heterocycles. The maximum absolute atomic E-state index is 5.79. The Bertz CT molecular complexity index is 600. The number of hydrogen-bond acceptors (Lipinski definition) is 7. The summed E-state index contributed by atoms with van der Waals surface area (Å²) >= 11 is 0. The molecule has 0 aliphatic rings. The van der Waals surface area contributed by atoms with Crippen molar-refractivity contribution in [2.24, 2.45) is 0 Å². The zero-order valence-electron chi connectivity index (χ0n) is 13.9. The summed E-state index contributed by atoms with van der Waals surface area (Å²) in [5, 5.41) is 3.13. The molecule has 7 nitrogen and oxygen atoms in total. The molecule has 0 saturated carbocycles. The highest BCUT2D eigenvalue weighted by molar-refractivity contribution is 5.48. The maximum atomic E-state index is 5.79. The lowest BCUT2D eigenvalue weighted by molar-refractivity contribution is 0.303. The van der Waals surface area contributed by atoms with E-state index in [4.69, 9.17) is 10.5 Å². The lowest BCUT2D eigenvalue weighted by Gasteiger charge is -2.21. The first-order valence-corrected chi connectivity index (χ1v) is 7.81. The van der Waals surface area contributed by atoms with Crippen molar-refractivity contribution in [1.29, 1.82) is 0 Å². The van der Waals surface area contributed by atoms with E-state index in [1.807, 2.05) is 19.1 Å². The Kier molecular flexibility index (Phi) is 5.96. The SMILES string of the molecule is CCN(CC)c1ccc(OCC(C)Nc2ncnc(N)n2)cc1. The smallest absolute Gasteiger partial charge is 0.227 e. The number of ether oxygens (including phenoxy) is 1. The molecule has 0 amide bonds. The van der Waals surface area contributed by atoms with E-state index in [0.717, 1.165) is 18.8 Å². The Labute approximate surface area is 136 Å². The Balaban J connectivity index is 1.85. The van der Waals surface area contributed by atoms with Gasteiger partial charge in [0.1, 0.15) is 18.7 Å². The number of nitrogens with one attached hydrogen (secondary N) is 1. The Morgan fingerprint density at radius 2 is 1.87 bits per heavy atom. The van der Waals surface area contributed by atoms with Crippen LogP contribution in [-0.2, 0) is 0 Å². The minimum Gasteiger partial charge on any atom is -0.491 e. The van der Waals surface area contributed by atoms with Gasteiger partial charge in [-0.3, -0.25) is 0 Å². The van der Waals surface area contributed by atoms with Crippen molar-refractivity contribution in [1.82, 2.24) is 15.0 Å². The first-order chi connectivity index (χ1) is 11.1. The van der Waals surface area contributed by atoms with Crippen LogP contribution < -0.4 is 20.7 Å². The van der Waals surface area contributed by atoms with Gasteiger partial charge in [-0.15, -0.1) is 0 Å². The van der Waals surface area contributed by atoms with Crippen molar-refractivity contribution in [2.45, 2.75) is 26.8 Å². The highest BCUT2D eigenvalue weighted by Crippen LogP contribution is 2.19. The van der Waals surface area contributed by atoms with E-state index in [1.165, 1.54) is 12.0 Å². The van der Waals surface area contributed by atoms with Crippen LogP contribution in [0.5, 0.6) is 5.75 Å². The normalized spacial score (nSPS) is 11.8. The summed E-state index contributed by atoms with van der Waals surface area (Å²) in [6.45, 7) is 8.77. The number of rotatable bonds is 8. The third kappa shape index (κ3) is 4.98. The molecule has 1 unspecified atom stereocenters. The van der Waals surface area contributed by atoms with Crippen LogP contribution in [0, 0.1) is 0 Å². The molecule has 1 atom stereocenters. The van der Waals surface area contributed by atoms with Crippen LogP contribution in [0.3, 0.4) is 0 Å². The van der Waals surface area contributed by atoms with Gasteiger partial charge in [0, 0.05) is 18.8 Å². The van der Waals surface area contributed by atoms with Gasteiger partial charge in [-0.1, -0.05) is 0 Å². The molecule has 0 aliphatic carbocycles. The quantitative estimate of drug-likeness (QED) is 0.771. The summed E-state index contributed by atoms with van der Waals surface area (Å²) in [7, 11) is 0. The van der Waals surface area contributed by atoms with Gasteiger partial charge in [-0.05, 0) is 45.0 Å². The maximum Gasteiger partial charge on any atom is 0.227 e. The van der Waals surface area contributed by atoms with E-state index < -0.39 is 0 Å². The molecule has 0 aliphatic heterocycles. The summed E-state index contributed by atoms with van der Waals surface area (Å²) in [5.74, 6) is 1.48. The molecule has 2 aromatic rings. The summed E-state index contributed by atoms with van der Waals surface area (Å²) in [4.78, 5) is 14.1. The van der Waals surface area contributed by atoms with Crippen LogP contribution >= 0.6 is 0 Å². The first kappa shape index (κ1) is 16.8. The summed E-state index contributed by atoms with van der Waals surface area (Å²) in [6.07, 6.45) is 1.38. The van der Waals surface area contributed by atoms with Crippen LogP contribution in [0.2, 0.25) is 0 Å². The van der Waals surface area contributed by atoms with E-state index in [0.29, 0.717) is 12.6 Å².